The lowest BCUT2D eigenvalue weighted by atomic mass is 10.0. The van der Waals surface area contributed by atoms with Crippen molar-refractivity contribution in [3.05, 3.63) is 33.8 Å². The molecule has 0 atom stereocenters. The zero-order valence-electron chi connectivity index (χ0n) is 7.19. The Hall–Kier alpha value is 0.660. The summed E-state index contributed by atoms with van der Waals surface area (Å²) in [6.07, 6.45) is 2.19. The Morgan fingerprint density at radius 2 is 1.69 bits per heavy atom. The number of hydrogen-bond donors (Lipinski definition) is 0. The third kappa shape index (κ3) is 3.37. The highest BCUT2D eigenvalue weighted by Crippen LogP contribution is 2.22. The number of aryl methyl sites for hydroxylation is 1. The van der Waals surface area contributed by atoms with E-state index in [2.05, 4.69) is 66.0 Å². The van der Waals surface area contributed by atoms with E-state index in [9.17, 15) is 0 Å². The first-order chi connectivity index (χ1) is 6.29. The Labute approximate surface area is 104 Å². The number of rotatable bonds is 4. The maximum atomic E-state index is 3.58. The maximum absolute atomic E-state index is 3.58. The zero-order valence-corrected chi connectivity index (χ0v) is 12.0. The molecule has 0 radical (unpaired) electrons. The van der Waals surface area contributed by atoms with E-state index in [0.29, 0.717) is 0 Å². The Balaban J connectivity index is 2.95. The smallest absolute Gasteiger partial charge is 0.0210 e. The summed E-state index contributed by atoms with van der Waals surface area (Å²) in [4.78, 5) is 0. The SMILES string of the molecule is BrCCc1cccc(Br)c1CCBr. The molecule has 1 rings (SSSR count). The molecule has 0 aromatic heterocycles. The van der Waals surface area contributed by atoms with E-state index in [1.54, 1.807) is 0 Å². The van der Waals surface area contributed by atoms with Gasteiger partial charge in [0.15, 0.2) is 0 Å². The van der Waals surface area contributed by atoms with Crippen molar-refractivity contribution in [3.63, 3.8) is 0 Å². The van der Waals surface area contributed by atoms with E-state index in [4.69, 9.17) is 0 Å². The first-order valence-corrected chi connectivity index (χ1v) is 7.21. The van der Waals surface area contributed by atoms with E-state index in [1.165, 1.54) is 15.6 Å². The summed E-state index contributed by atoms with van der Waals surface area (Å²) in [5.41, 5.74) is 2.87. The fraction of sp³-hybridized carbons (Fsp3) is 0.400. The predicted octanol–water partition coefficient (Wildman–Crippen LogP) is 4.32. The van der Waals surface area contributed by atoms with Crippen LogP contribution in [0.15, 0.2) is 22.7 Å². The molecule has 1 aromatic rings. The van der Waals surface area contributed by atoms with Crippen LogP contribution in [0.2, 0.25) is 0 Å². The van der Waals surface area contributed by atoms with E-state index in [-0.39, 0.29) is 0 Å². The van der Waals surface area contributed by atoms with Crippen molar-refractivity contribution in [3.8, 4) is 0 Å². The minimum atomic E-state index is 1.02. The minimum Gasteiger partial charge on any atom is -0.0924 e. The fourth-order valence-corrected chi connectivity index (χ4v) is 2.74. The molecule has 0 amide bonds. The molecule has 13 heavy (non-hydrogen) atoms. The Kier molecular flexibility index (Phi) is 5.60. The van der Waals surface area contributed by atoms with Crippen LogP contribution in [0.4, 0.5) is 0 Å². The van der Waals surface area contributed by atoms with Gasteiger partial charge in [-0.2, -0.15) is 0 Å². The monoisotopic (exact) mass is 368 g/mol. The molecule has 0 spiro atoms. The van der Waals surface area contributed by atoms with Gasteiger partial charge in [-0.05, 0) is 30.0 Å². The lowest BCUT2D eigenvalue weighted by molar-refractivity contribution is 1.05. The Bertz CT molecular complexity index is 271. The topological polar surface area (TPSA) is 0 Å². The quantitative estimate of drug-likeness (QED) is 0.692. The molecule has 72 valence electrons. The van der Waals surface area contributed by atoms with Crippen LogP contribution in [0, 0.1) is 0 Å². The van der Waals surface area contributed by atoms with Gasteiger partial charge in [-0.25, -0.2) is 0 Å². The van der Waals surface area contributed by atoms with Gasteiger partial charge in [-0.3, -0.25) is 0 Å². The van der Waals surface area contributed by atoms with Crippen molar-refractivity contribution in [1.82, 2.24) is 0 Å². The lowest BCUT2D eigenvalue weighted by Crippen LogP contribution is -1.97. The van der Waals surface area contributed by atoms with E-state index < -0.39 is 0 Å². The predicted molar refractivity (Wildman–Crippen MR) is 69.1 cm³/mol. The van der Waals surface area contributed by atoms with Crippen molar-refractivity contribution in [2.24, 2.45) is 0 Å². The first-order valence-electron chi connectivity index (χ1n) is 4.17. The van der Waals surface area contributed by atoms with E-state index >= 15 is 0 Å². The number of alkyl halides is 2. The molecule has 0 bridgehead atoms. The standard InChI is InChI=1S/C10H11Br3/c11-6-4-8-2-1-3-10(13)9(8)5-7-12/h1-3H,4-7H2. The van der Waals surface area contributed by atoms with Gasteiger partial charge in [0.1, 0.15) is 0 Å². The van der Waals surface area contributed by atoms with Gasteiger partial charge in [0.05, 0.1) is 0 Å². The number of halogens is 3. The molecule has 0 nitrogen and oxygen atoms in total. The molecule has 0 aliphatic heterocycles. The first kappa shape index (κ1) is 11.7. The Morgan fingerprint density at radius 1 is 1.00 bits per heavy atom. The zero-order chi connectivity index (χ0) is 9.68. The van der Waals surface area contributed by atoms with Crippen molar-refractivity contribution in [2.45, 2.75) is 12.8 Å². The maximum Gasteiger partial charge on any atom is 0.0210 e. The third-order valence-electron chi connectivity index (χ3n) is 1.92. The number of hydrogen-bond acceptors (Lipinski definition) is 0. The molecule has 0 fully saturated rings. The third-order valence-corrected chi connectivity index (χ3v) is 3.46. The summed E-state index contributed by atoms with van der Waals surface area (Å²) in [5, 5.41) is 2.05. The van der Waals surface area contributed by atoms with Gasteiger partial charge >= 0.3 is 0 Å². The van der Waals surface area contributed by atoms with Crippen LogP contribution in [-0.2, 0) is 12.8 Å². The summed E-state index contributed by atoms with van der Waals surface area (Å²) in [7, 11) is 0. The van der Waals surface area contributed by atoms with E-state index in [0.717, 1.165) is 23.5 Å². The average molecular weight is 371 g/mol. The molecule has 0 unspecified atom stereocenters. The van der Waals surface area contributed by atoms with Crippen LogP contribution >= 0.6 is 47.8 Å². The summed E-state index contributed by atoms with van der Waals surface area (Å²) < 4.78 is 1.23. The van der Waals surface area contributed by atoms with Gasteiger partial charge in [-0.1, -0.05) is 59.9 Å². The second-order valence-corrected chi connectivity index (χ2v) is 5.20. The molecule has 1 aromatic carbocycles. The molecule has 0 N–H and O–H groups in total. The fourth-order valence-electron chi connectivity index (χ4n) is 1.31. The van der Waals surface area contributed by atoms with Gasteiger partial charge in [0, 0.05) is 15.1 Å². The molecule has 3 heteroatoms. The highest BCUT2D eigenvalue weighted by atomic mass is 79.9. The summed E-state index contributed by atoms with van der Waals surface area (Å²) in [5.74, 6) is 0. The van der Waals surface area contributed by atoms with Crippen LogP contribution in [-0.4, -0.2) is 10.7 Å². The highest BCUT2D eigenvalue weighted by molar-refractivity contribution is 9.10. The lowest BCUT2D eigenvalue weighted by Gasteiger charge is -2.08. The van der Waals surface area contributed by atoms with Crippen LogP contribution in [0.25, 0.3) is 0 Å². The van der Waals surface area contributed by atoms with E-state index in [1.807, 2.05) is 0 Å². The van der Waals surface area contributed by atoms with Crippen LogP contribution in [0.1, 0.15) is 11.1 Å². The minimum absolute atomic E-state index is 1.02. The molecule has 0 heterocycles. The highest BCUT2D eigenvalue weighted by Gasteiger charge is 2.04. The average Bonchev–Trinajstić information content (AvgIpc) is 2.11. The number of benzene rings is 1. The van der Waals surface area contributed by atoms with Crippen LogP contribution in [0.5, 0.6) is 0 Å². The van der Waals surface area contributed by atoms with Crippen LogP contribution in [0.3, 0.4) is 0 Å². The van der Waals surface area contributed by atoms with Gasteiger partial charge in [0.2, 0.25) is 0 Å². The molecule has 0 aliphatic rings. The van der Waals surface area contributed by atoms with Crippen molar-refractivity contribution in [2.75, 3.05) is 10.7 Å². The Morgan fingerprint density at radius 3 is 2.31 bits per heavy atom. The second kappa shape index (κ2) is 6.20. The van der Waals surface area contributed by atoms with Crippen molar-refractivity contribution in [1.29, 1.82) is 0 Å². The van der Waals surface area contributed by atoms with Crippen molar-refractivity contribution >= 4 is 47.8 Å². The molecule has 0 saturated carbocycles. The van der Waals surface area contributed by atoms with Crippen molar-refractivity contribution < 1.29 is 0 Å². The largest absolute Gasteiger partial charge is 0.0924 e. The molecular weight excluding hydrogens is 360 g/mol. The summed E-state index contributed by atoms with van der Waals surface area (Å²) >= 11 is 10.5. The van der Waals surface area contributed by atoms with Gasteiger partial charge in [0.25, 0.3) is 0 Å². The normalized spacial score (nSPS) is 10.4. The van der Waals surface area contributed by atoms with Gasteiger partial charge < -0.3 is 0 Å². The van der Waals surface area contributed by atoms with Gasteiger partial charge in [-0.15, -0.1) is 0 Å². The molecule has 0 saturated heterocycles. The summed E-state index contributed by atoms with van der Waals surface area (Å²) in [6, 6.07) is 6.40. The second-order valence-electron chi connectivity index (χ2n) is 2.76. The molecular formula is C10H11Br3. The molecule has 0 aliphatic carbocycles. The summed E-state index contributed by atoms with van der Waals surface area (Å²) in [6.45, 7) is 0. The van der Waals surface area contributed by atoms with Crippen LogP contribution < -0.4 is 0 Å².